The molecule has 4 N–H and O–H groups in total. The molecule has 0 radical (unpaired) electrons. The third-order valence-electron chi connectivity index (χ3n) is 1.35. The highest BCUT2D eigenvalue weighted by molar-refractivity contribution is 7.16. The van der Waals surface area contributed by atoms with Crippen LogP contribution in [0.15, 0.2) is 17.1 Å². The third kappa shape index (κ3) is 2.39. The lowest BCUT2D eigenvalue weighted by molar-refractivity contribution is 0.835. The van der Waals surface area contributed by atoms with Crippen LogP contribution in [0.25, 0.3) is 0 Å². The van der Waals surface area contributed by atoms with Crippen molar-refractivity contribution in [2.24, 2.45) is 16.5 Å². The van der Waals surface area contributed by atoms with Crippen LogP contribution in [-0.4, -0.2) is 5.96 Å². The van der Waals surface area contributed by atoms with E-state index < -0.39 is 0 Å². The van der Waals surface area contributed by atoms with Gasteiger partial charge in [-0.3, -0.25) is 0 Å². The molecule has 1 unspecified atom stereocenters. The van der Waals surface area contributed by atoms with Gasteiger partial charge in [0.25, 0.3) is 0 Å². The van der Waals surface area contributed by atoms with Crippen molar-refractivity contribution in [2.75, 3.05) is 0 Å². The molecule has 0 aliphatic rings. The summed E-state index contributed by atoms with van der Waals surface area (Å²) in [6, 6.07) is 3.75. The van der Waals surface area contributed by atoms with Gasteiger partial charge in [-0.2, -0.15) is 0 Å². The minimum Gasteiger partial charge on any atom is -0.370 e. The lowest BCUT2D eigenvalue weighted by Gasteiger charge is -2.01. The summed E-state index contributed by atoms with van der Waals surface area (Å²) in [6.45, 7) is 1.92. The molecule has 0 amide bonds. The van der Waals surface area contributed by atoms with Crippen molar-refractivity contribution < 1.29 is 0 Å². The monoisotopic (exact) mass is 203 g/mol. The predicted molar refractivity (Wildman–Crippen MR) is 53.6 cm³/mol. The number of nitrogens with zero attached hydrogens (tertiary/aromatic N) is 1. The zero-order chi connectivity index (χ0) is 9.14. The van der Waals surface area contributed by atoms with E-state index >= 15 is 0 Å². The Balaban J connectivity index is 2.78. The van der Waals surface area contributed by atoms with Crippen molar-refractivity contribution in [3.63, 3.8) is 0 Å². The Morgan fingerprint density at radius 1 is 1.58 bits per heavy atom. The van der Waals surface area contributed by atoms with Gasteiger partial charge in [0, 0.05) is 4.88 Å². The maximum absolute atomic E-state index is 5.75. The first-order valence-corrected chi connectivity index (χ1v) is 4.63. The standard InChI is InChI=1S/C7H10ClN3S/c1-4(11-7(9)10)5-2-3-6(8)12-5/h2-4H,1H3,(H4,9,10,11). The molecule has 0 bridgehead atoms. The molecule has 0 fully saturated rings. The summed E-state index contributed by atoms with van der Waals surface area (Å²) in [6.07, 6.45) is 0. The Labute approximate surface area is 80.0 Å². The van der Waals surface area contributed by atoms with Gasteiger partial charge in [-0.25, -0.2) is 4.99 Å². The molecule has 12 heavy (non-hydrogen) atoms. The van der Waals surface area contributed by atoms with E-state index in [4.69, 9.17) is 23.1 Å². The molecule has 1 atom stereocenters. The second-order valence-electron chi connectivity index (χ2n) is 2.37. The second kappa shape index (κ2) is 3.78. The summed E-state index contributed by atoms with van der Waals surface area (Å²) < 4.78 is 0.752. The van der Waals surface area contributed by atoms with Crippen molar-refractivity contribution in [3.05, 3.63) is 21.3 Å². The molecule has 66 valence electrons. The molecule has 0 spiro atoms. The Hall–Kier alpha value is -0.740. The van der Waals surface area contributed by atoms with Crippen LogP contribution >= 0.6 is 22.9 Å². The molecule has 1 aromatic rings. The van der Waals surface area contributed by atoms with E-state index in [2.05, 4.69) is 4.99 Å². The Bertz CT molecular complexity index is 291. The molecule has 5 heteroatoms. The quantitative estimate of drug-likeness (QED) is 0.568. The van der Waals surface area contributed by atoms with Gasteiger partial charge in [0.05, 0.1) is 10.4 Å². The first-order chi connectivity index (χ1) is 5.59. The zero-order valence-corrected chi connectivity index (χ0v) is 8.19. The van der Waals surface area contributed by atoms with Crippen LogP contribution < -0.4 is 11.5 Å². The van der Waals surface area contributed by atoms with E-state index in [1.807, 2.05) is 19.1 Å². The topological polar surface area (TPSA) is 64.4 Å². The first-order valence-electron chi connectivity index (χ1n) is 3.43. The fourth-order valence-electron chi connectivity index (χ4n) is 0.840. The molecule has 1 aromatic heterocycles. The number of rotatable bonds is 2. The van der Waals surface area contributed by atoms with Crippen LogP contribution in [-0.2, 0) is 0 Å². The fourth-order valence-corrected chi connectivity index (χ4v) is 1.89. The molecule has 0 aromatic carbocycles. The smallest absolute Gasteiger partial charge is 0.186 e. The molecule has 0 aliphatic carbocycles. The summed E-state index contributed by atoms with van der Waals surface area (Å²) in [7, 11) is 0. The molecule has 1 rings (SSSR count). The zero-order valence-electron chi connectivity index (χ0n) is 6.62. The van der Waals surface area contributed by atoms with Crippen LogP contribution in [0.3, 0.4) is 0 Å². The van der Waals surface area contributed by atoms with Gasteiger partial charge in [0.1, 0.15) is 0 Å². The normalized spacial score (nSPS) is 12.5. The number of nitrogens with two attached hydrogens (primary N) is 2. The van der Waals surface area contributed by atoms with Crippen LogP contribution in [0.4, 0.5) is 0 Å². The summed E-state index contributed by atoms with van der Waals surface area (Å²) >= 11 is 7.23. The average Bonchev–Trinajstić information content (AvgIpc) is 2.34. The highest BCUT2D eigenvalue weighted by Gasteiger charge is 2.05. The third-order valence-corrected chi connectivity index (χ3v) is 2.75. The fraction of sp³-hybridized carbons (Fsp3) is 0.286. The predicted octanol–water partition coefficient (Wildman–Crippen LogP) is 1.74. The number of thiophene rings is 1. The average molecular weight is 204 g/mol. The number of hydrogen-bond acceptors (Lipinski definition) is 2. The van der Waals surface area contributed by atoms with E-state index in [9.17, 15) is 0 Å². The Morgan fingerprint density at radius 2 is 2.25 bits per heavy atom. The van der Waals surface area contributed by atoms with Crippen molar-refractivity contribution in [3.8, 4) is 0 Å². The Kier molecular flexibility index (Phi) is 2.94. The van der Waals surface area contributed by atoms with Crippen LogP contribution in [0.2, 0.25) is 4.34 Å². The SMILES string of the molecule is CC(N=C(N)N)c1ccc(Cl)s1. The van der Waals surface area contributed by atoms with E-state index in [1.54, 1.807) is 0 Å². The summed E-state index contributed by atoms with van der Waals surface area (Å²) in [5.41, 5.74) is 10.5. The van der Waals surface area contributed by atoms with E-state index in [0.717, 1.165) is 9.21 Å². The van der Waals surface area contributed by atoms with E-state index in [1.165, 1.54) is 11.3 Å². The van der Waals surface area contributed by atoms with Crippen molar-refractivity contribution in [2.45, 2.75) is 13.0 Å². The van der Waals surface area contributed by atoms with Crippen molar-refractivity contribution in [1.82, 2.24) is 0 Å². The number of hydrogen-bond donors (Lipinski definition) is 2. The molecular formula is C7H10ClN3S. The summed E-state index contributed by atoms with van der Waals surface area (Å²) in [5, 5.41) is 0. The van der Waals surface area contributed by atoms with Gasteiger partial charge in [-0.15, -0.1) is 11.3 Å². The minimum absolute atomic E-state index is 0.00694. The lowest BCUT2D eigenvalue weighted by atomic mass is 10.3. The van der Waals surface area contributed by atoms with Crippen molar-refractivity contribution in [1.29, 1.82) is 0 Å². The number of guanidine groups is 1. The number of aliphatic imine (C=N–C) groups is 1. The highest BCUT2D eigenvalue weighted by Crippen LogP contribution is 2.28. The van der Waals surface area contributed by atoms with Gasteiger partial charge in [0.15, 0.2) is 5.96 Å². The van der Waals surface area contributed by atoms with Gasteiger partial charge in [-0.1, -0.05) is 11.6 Å². The maximum Gasteiger partial charge on any atom is 0.186 e. The molecule has 0 saturated carbocycles. The van der Waals surface area contributed by atoms with Gasteiger partial charge >= 0.3 is 0 Å². The van der Waals surface area contributed by atoms with Crippen molar-refractivity contribution >= 4 is 28.9 Å². The summed E-state index contributed by atoms with van der Waals surface area (Å²) in [4.78, 5) is 5.05. The highest BCUT2D eigenvalue weighted by atomic mass is 35.5. The molecular weight excluding hydrogens is 194 g/mol. The molecule has 3 nitrogen and oxygen atoms in total. The maximum atomic E-state index is 5.75. The summed E-state index contributed by atoms with van der Waals surface area (Å²) in [5.74, 6) is 0.104. The molecule has 1 heterocycles. The van der Waals surface area contributed by atoms with E-state index in [0.29, 0.717) is 0 Å². The van der Waals surface area contributed by atoms with Gasteiger partial charge in [-0.05, 0) is 19.1 Å². The van der Waals surface area contributed by atoms with Gasteiger partial charge < -0.3 is 11.5 Å². The first kappa shape index (κ1) is 9.35. The number of halogens is 1. The largest absolute Gasteiger partial charge is 0.370 e. The Morgan fingerprint density at radius 3 is 2.67 bits per heavy atom. The van der Waals surface area contributed by atoms with Gasteiger partial charge in [0.2, 0.25) is 0 Å². The van der Waals surface area contributed by atoms with Crippen LogP contribution in [0, 0.1) is 0 Å². The minimum atomic E-state index is -0.00694. The molecule has 0 aliphatic heterocycles. The van der Waals surface area contributed by atoms with Crippen LogP contribution in [0.5, 0.6) is 0 Å². The second-order valence-corrected chi connectivity index (χ2v) is 4.12. The molecule has 0 saturated heterocycles. The lowest BCUT2D eigenvalue weighted by Crippen LogP contribution is -2.23. The van der Waals surface area contributed by atoms with E-state index in [-0.39, 0.29) is 12.0 Å². The van der Waals surface area contributed by atoms with Crippen LogP contribution in [0.1, 0.15) is 17.8 Å².